The van der Waals surface area contributed by atoms with Crippen LogP contribution >= 0.6 is 11.3 Å². The van der Waals surface area contributed by atoms with Gasteiger partial charge in [0.15, 0.2) is 6.10 Å². The van der Waals surface area contributed by atoms with E-state index in [9.17, 15) is 4.79 Å². The fourth-order valence-electron chi connectivity index (χ4n) is 1.35. The van der Waals surface area contributed by atoms with Crippen LogP contribution in [-0.4, -0.2) is 31.8 Å². The maximum absolute atomic E-state index is 11.5. The Morgan fingerprint density at radius 1 is 1.73 bits per heavy atom. The maximum atomic E-state index is 11.5. The summed E-state index contributed by atoms with van der Waals surface area (Å²) in [5, 5.41) is 5.05. The highest BCUT2D eigenvalue weighted by Gasteiger charge is 2.23. The number of rotatable bonds is 3. The van der Waals surface area contributed by atoms with Gasteiger partial charge in [-0.25, -0.2) is 4.79 Å². The van der Waals surface area contributed by atoms with Crippen LogP contribution in [0, 0.1) is 0 Å². The predicted octanol–water partition coefficient (Wildman–Crippen LogP) is 0.780. The summed E-state index contributed by atoms with van der Waals surface area (Å²) in [5.41, 5.74) is 0. The first kappa shape index (κ1) is 10.6. The molecule has 0 saturated carbocycles. The van der Waals surface area contributed by atoms with Crippen LogP contribution in [0.15, 0.2) is 17.5 Å². The molecule has 1 unspecified atom stereocenters. The molecular formula is C10H13NO3S. The Kier molecular flexibility index (Phi) is 3.71. The third-order valence-corrected chi connectivity index (χ3v) is 2.98. The van der Waals surface area contributed by atoms with Crippen LogP contribution in [0.1, 0.15) is 4.88 Å². The van der Waals surface area contributed by atoms with Gasteiger partial charge in [-0.1, -0.05) is 6.07 Å². The molecule has 1 N–H and O–H groups in total. The summed E-state index contributed by atoms with van der Waals surface area (Å²) in [5.74, 6) is -0.282. The fraction of sp³-hybridized carbons (Fsp3) is 0.500. The average molecular weight is 227 g/mol. The van der Waals surface area contributed by atoms with Gasteiger partial charge in [-0.2, -0.15) is 0 Å². The Balaban J connectivity index is 1.76. The molecule has 0 aliphatic carbocycles. The van der Waals surface area contributed by atoms with Crippen molar-refractivity contribution in [1.82, 2.24) is 5.32 Å². The summed E-state index contributed by atoms with van der Waals surface area (Å²) in [6.45, 7) is 2.26. The number of nitrogens with one attached hydrogen (secondary N) is 1. The maximum Gasteiger partial charge on any atom is 0.336 e. The number of esters is 1. The summed E-state index contributed by atoms with van der Waals surface area (Å²) >= 11 is 1.58. The lowest BCUT2D eigenvalue weighted by Gasteiger charge is -2.21. The van der Waals surface area contributed by atoms with Gasteiger partial charge in [0.2, 0.25) is 0 Å². The monoisotopic (exact) mass is 227 g/mol. The van der Waals surface area contributed by atoms with E-state index in [1.807, 2.05) is 17.5 Å². The second kappa shape index (κ2) is 5.25. The van der Waals surface area contributed by atoms with E-state index in [1.54, 1.807) is 11.3 Å². The third kappa shape index (κ3) is 3.02. The molecule has 0 spiro atoms. The van der Waals surface area contributed by atoms with Crippen molar-refractivity contribution in [3.05, 3.63) is 22.4 Å². The highest BCUT2D eigenvalue weighted by atomic mass is 32.1. The number of ether oxygens (including phenoxy) is 2. The minimum absolute atomic E-state index is 0.282. The molecule has 0 aromatic carbocycles. The van der Waals surface area contributed by atoms with Gasteiger partial charge in [0.25, 0.3) is 0 Å². The molecule has 2 rings (SSSR count). The molecule has 0 amide bonds. The average Bonchev–Trinajstić information content (AvgIpc) is 2.80. The van der Waals surface area contributed by atoms with Crippen LogP contribution in [0.3, 0.4) is 0 Å². The molecule has 0 bridgehead atoms. The molecule has 5 heteroatoms. The zero-order chi connectivity index (χ0) is 10.5. The van der Waals surface area contributed by atoms with E-state index in [4.69, 9.17) is 9.47 Å². The second-order valence-electron chi connectivity index (χ2n) is 3.25. The minimum atomic E-state index is -0.446. The quantitative estimate of drug-likeness (QED) is 0.775. The fourth-order valence-corrected chi connectivity index (χ4v) is 1.96. The van der Waals surface area contributed by atoms with Gasteiger partial charge in [-0.15, -0.1) is 11.3 Å². The molecule has 2 heterocycles. The number of carbonyl (C=O) groups is 1. The normalized spacial score (nSPS) is 21.2. The Labute approximate surface area is 92.2 Å². The van der Waals surface area contributed by atoms with Crippen molar-refractivity contribution < 1.29 is 14.3 Å². The van der Waals surface area contributed by atoms with E-state index >= 15 is 0 Å². The van der Waals surface area contributed by atoms with E-state index in [2.05, 4.69) is 5.32 Å². The molecule has 1 saturated heterocycles. The summed E-state index contributed by atoms with van der Waals surface area (Å²) in [6.07, 6.45) is -0.446. The molecule has 4 nitrogen and oxygen atoms in total. The van der Waals surface area contributed by atoms with Gasteiger partial charge < -0.3 is 14.8 Å². The van der Waals surface area contributed by atoms with Gasteiger partial charge in [0.1, 0.15) is 6.61 Å². The van der Waals surface area contributed by atoms with Gasteiger partial charge in [0.05, 0.1) is 6.61 Å². The van der Waals surface area contributed by atoms with Gasteiger partial charge in [-0.05, 0) is 11.4 Å². The molecule has 1 aliphatic rings. The Hall–Kier alpha value is -0.910. The first-order valence-corrected chi connectivity index (χ1v) is 5.75. The topological polar surface area (TPSA) is 47.6 Å². The SMILES string of the molecule is O=C(OCc1cccs1)C1CNCCO1. The van der Waals surface area contributed by atoms with Gasteiger partial charge in [0, 0.05) is 18.0 Å². The van der Waals surface area contributed by atoms with Gasteiger partial charge >= 0.3 is 5.97 Å². The Morgan fingerprint density at radius 2 is 2.67 bits per heavy atom. The van der Waals surface area contributed by atoms with Crippen LogP contribution < -0.4 is 5.32 Å². The van der Waals surface area contributed by atoms with Crippen LogP contribution in [0.25, 0.3) is 0 Å². The number of morpholine rings is 1. The zero-order valence-electron chi connectivity index (χ0n) is 8.27. The summed E-state index contributed by atoms with van der Waals surface area (Å²) in [4.78, 5) is 12.6. The molecule has 15 heavy (non-hydrogen) atoms. The molecule has 1 fully saturated rings. The largest absolute Gasteiger partial charge is 0.458 e. The number of thiophene rings is 1. The summed E-state index contributed by atoms with van der Waals surface area (Å²) in [7, 11) is 0. The van der Waals surface area contributed by atoms with Crippen molar-refractivity contribution in [2.24, 2.45) is 0 Å². The van der Waals surface area contributed by atoms with E-state index < -0.39 is 6.10 Å². The molecule has 1 aromatic rings. The van der Waals surface area contributed by atoms with Crippen LogP contribution in [0.2, 0.25) is 0 Å². The van der Waals surface area contributed by atoms with E-state index in [0.29, 0.717) is 19.8 Å². The Bertz CT molecular complexity index is 306. The predicted molar refractivity (Wildman–Crippen MR) is 56.7 cm³/mol. The van der Waals surface area contributed by atoms with E-state index in [-0.39, 0.29) is 5.97 Å². The lowest BCUT2D eigenvalue weighted by molar-refractivity contribution is -0.159. The molecule has 0 radical (unpaired) electrons. The zero-order valence-corrected chi connectivity index (χ0v) is 9.09. The van der Waals surface area contributed by atoms with Crippen molar-refractivity contribution >= 4 is 17.3 Å². The highest BCUT2D eigenvalue weighted by molar-refractivity contribution is 7.09. The van der Waals surface area contributed by atoms with Crippen LogP contribution in [0.4, 0.5) is 0 Å². The third-order valence-electron chi connectivity index (χ3n) is 2.13. The number of hydrogen-bond donors (Lipinski definition) is 1. The Morgan fingerprint density at radius 3 is 3.33 bits per heavy atom. The molecule has 82 valence electrons. The standard InChI is InChI=1S/C10H13NO3S/c12-10(9-6-11-3-4-13-9)14-7-8-2-1-5-15-8/h1-2,5,9,11H,3-4,6-7H2. The molecular weight excluding hydrogens is 214 g/mol. The first-order valence-electron chi connectivity index (χ1n) is 4.87. The number of carbonyl (C=O) groups excluding carboxylic acids is 1. The smallest absolute Gasteiger partial charge is 0.336 e. The molecule has 1 atom stereocenters. The van der Waals surface area contributed by atoms with Crippen molar-refractivity contribution in [1.29, 1.82) is 0 Å². The van der Waals surface area contributed by atoms with Crippen molar-refractivity contribution in [2.75, 3.05) is 19.7 Å². The van der Waals surface area contributed by atoms with Crippen LogP contribution in [-0.2, 0) is 20.9 Å². The minimum Gasteiger partial charge on any atom is -0.458 e. The van der Waals surface area contributed by atoms with E-state index in [1.165, 1.54) is 0 Å². The van der Waals surface area contributed by atoms with Gasteiger partial charge in [-0.3, -0.25) is 0 Å². The van der Waals surface area contributed by atoms with Crippen molar-refractivity contribution in [2.45, 2.75) is 12.7 Å². The van der Waals surface area contributed by atoms with Crippen molar-refractivity contribution in [3.8, 4) is 0 Å². The summed E-state index contributed by atoms with van der Waals surface area (Å²) < 4.78 is 10.4. The van der Waals surface area contributed by atoms with Crippen molar-refractivity contribution in [3.63, 3.8) is 0 Å². The lowest BCUT2D eigenvalue weighted by Crippen LogP contribution is -2.43. The highest BCUT2D eigenvalue weighted by Crippen LogP contribution is 2.10. The first-order chi connectivity index (χ1) is 7.36. The summed E-state index contributed by atoms with van der Waals surface area (Å²) in [6, 6.07) is 3.88. The van der Waals surface area contributed by atoms with E-state index in [0.717, 1.165) is 11.4 Å². The number of hydrogen-bond acceptors (Lipinski definition) is 5. The van der Waals surface area contributed by atoms with Crippen LogP contribution in [0.5, 0.6) is 0 Å². The molecule has 1 aromatic heterocycles. The molecule has 1 aliphatic heterocycles. The second-order valence-corrected chi connectivity index (χ2v) is 4.28. The lowest BCUT2D eigenvalue weighted by atomic mass is 10.3.